The third kappa shape index (κ3) is 2.56. The van der Waals surface area contributed by atoms with Gasteiger partial charge in [-0.2, -0.15) is 0 Å². The molecule has 4 heteroatoms. The Labute approximate surface area is 97.2 Å². The van der Waals surface area contributed by atoms with Crippen molar-refractivity contribution < 1.29 is 9.18 Å². The molecule has 0 aliphatic rings. The van der Waals surface area contributed by atoms with E-state index in [0.29, 0.717) is 4.47 Å². The first-order chi connectivity index (χ1) is 6.95. The van der Waals surface area contributed by atoms with Crippen LogP contribution in [-0.4, -0.2) is 23.9 Å². The van der Waals surface area contributed by atoms with Crippen molar-refractivity contribution >= 4 is 21.8 Å². The number of amides is 1. The van der Waals surface area contributed by atoms with E-state index in [0.717, 1.165) is 0 Å². The van der Waals surface area contributed by atoms with Crippen LogP contribution in [-0.2, 0) is 0 Å². The number of nitrogens with zero attached hydrogens (tertiary/aromatic N) is 1. The van der Waals surface area contributed by atoms with Crippen LogP contribution in [0, 0.1) is 5.82 Å². The first kappa shape index (κ1) is 12.2. The normalized spacial score (nSPS) is 10.5. The van der Waals surface area contributed by atoms with Crippen molar-refractivity contribution in [1.29, 1.82) is 0 Å². The smallest absolute Gasteiger partial charge is 0.256 e. The second-order valence-corrected chi connectivity index (χ2v) is 4.47. The molecule has 82 valence electrons. The summed E-state index contributed by atoms with van der Waals surface area (Å²) < 4.78 is 13.9. The minimum absolute atomic E-state index is 0.0517. The summed E-state index contributed by atoms with van der Waals surface area (Å²) in [6.45, 7) is 3.77. The van der Waals surface area contributed by atoms with Crippen LogP contribution in [0.5, 0.6) is 0 Å². The summed E-state index contributed by atoms with van der Waals surface area (Å²) in [7, 11) is 1.66. The summed E-state index contributed by atoms with van der Waals surface area (Å²) in [6, 6.07) is 4.76. The molecular formula is C11H13BrFNO. The van der Waals surface area contributed by atoms with Gasteiger partial charge in [-0.3, -0.25) is 4.79 Å². The number of halogens is 2. The quantitative estimate of drug-likeness (QED) is 0.811. The molecule has 0 unspecified atom stereocenters. The van der Waals surface area contributed by atoms with E-state index in [4.69, 9.17) is 0 Å². The Balaban J connectivity index is 3.07. The Bertz CT molecular complexity index is 379. The lowest BCUT2D eigenvalue weighted by Crippen LogP contribution is -2.33. The molecule has 1 rings (SSSR count). The molecule has 0 aliphatic heterocycles. The summed E-state index contributed by atoms with van der Waals surface area (Å²) in [5, 5.41) is 0. The average Bonchev–Trinajstić information content (AvgIpc) is 2.20. The second kappa shape index (κ2) is 4.75. The van der Waals surface area contributed by atoms with E-state index in [1.54, 1.807) is 19.2 Å². The van der Waals surface area contributed by atoms with Gasteiger partial charge in [-0.05, 0) is 41.9 Å². The minimum atomic E-state index is -0.505. The van der Waals surface area contributed by atoms with Crippen LogP contribution in [0.4, 0.5) is 4.39 Å². The van der Waals surface area contributed by atoms with Crippen LogP contribution in [0.1, 0.15) is 24.2 Å². The van der Waals surface area contributed by atoms with Crippen LogP contribution < -0.4 is 0 Å². The molecule has 0 heterocycles. The molecule has 1 aromatic rings. The van der Waals surface area contributed by atoms with Gasteiger partial charge in [0.15, 0.2) is 0 Å². The number of hydrogen-bond acceptors (Lipinski definition) is 1. The summed E-state index contributed by atoms with van der Waals surface area (Å²) >= 11 is 3.05. The fourth-order valence-corrected chi connectivity index (χ4v) is 1.46. The van der Waals surface area contributed by atoms with Crippen LogP contribution in [0.25, 0.3) is 0 Å². The fraction of sp³-hybridized carbons (Fsp3) is 0.364. The van der Waals surface area contributed by atoms with E-state index in [9.17, 15) is 9.18 Å². The van der Waals surface area contributed by atoms with Crippen LogP contribution in [0.15, 0.2) is 22.7 Å². The summed E-state index contributed by atoms with van der Waals surface area (Å²) in [5.41, 5.74) is 0.0978. The van der Waals surface area contributed by atoms with E-state index >= 15 is 0 Å². The van der Waals surface area contributed by atoms with Crippen molar-refractivity contribution in [3.8, 4) is 0 Å². The molecule has 0 spiro atoms. The SMILES string of the molecule is CC(C)N(C)C(=O)c1cccc(Br)c1F. The highest BCUT2D eigenvalue weighted by Gasteiger charge is 2.19. The minimum Gasteiger partial charge on any atom is -0.339 e. The van der Waals surface area contributed by atoms with E-state index in [-0.39, 0.29) is 17.5 Å². The molecule has 0 bridgehead atoms. The highest BCUT2D eigenvalue weighted by atomic mass is 79.9. The van der Waals surface area contributed by atoms with Crippen molar-refractivity contribution in [2.75, 3.05) is 7.05 Å². The Morgan fingerprint density at radius 3 is 2.60 bits per heavy atom. The highest BCUT2D eigenvalue weighted by Crippen LogP contribution is 2.20. The molecule has 15 heavy (non-hydrogen) atoms. The molecule has 0 saturated carbocycles. The monoisotopic (exact) mass is 273 g/mol. The molecule has 0 radical (unpaired) electrons. The third-order valence-electron chi connectivity index (χ3n) is 2.28. The van der Waals surface area contributed by atoms with Crippen LogP contribution in [0.3, 0.4) is 0 Å². The van der Waals surface area contributed by atoms with Crippen molar-refractivity contribution in [3.63, 3.8) is 0 Å². The van der Waals surface area contributed by atoms with E-state index in [1.807, 2.05) is 13.8 Å². The summed E-state index contributed by atoms with van der Waals surface area (Å²) in [6.07, 6.45) is 0. The molecule has 2 nitrogen and oxygen atoms in total. The zero-order valence-corrected chi connectivity index (χ0v) is 10.5. The fourth-order valence-electron chi connectivity index (χ4n) is 1.09. The molecule has 1 aromatic carbocycles. The predicted molar refractivity (Wildman–Crippen MR) is 61.3 cm³/mol. The Kier molecular flexibility index (Phi) is 3.85. The van der Waals surface area contributed by atoms with Crippen molar-refractivity contribution in [2.45, 2.75) is 19.9 Å². The maximum Gasteiger partial charge on any atom is 0.256 e. The lowest BCUT2D eigenvalue weighted by atomic mass is 10.1. The van der Waals surface area contributed by atoms with Gasteiger partial charge in [0.2, 0.25) is 0 Å². The van der Waals surface area contributed by atoms with Crippen molar-refractivity contribution in [3.05, 3.63) is 34.1 Å². The summed E-state index contributed by atoms with van der Waals surface area (Å²) in [4.78, 5) is 13.3. The maximum atomic E-state index is 13.6. The van der Waals surface area contributed by atoms with E-state index in [1.165, 1.54) is 11.0 Å². The van der Waals surface area contributed by atoms with Gasteiger partial charge in [0.25, 0.3) is 5.91 Å². The van der Waals surface area contributed by atoms with Gasteiger partial charge in [-0.15, -0.1) is 0 Å². The number of carbonyl (C=O) groups excluding carboxylic acids is 1. The lowest BCUT2D eigenvalue weighted by molar-refractivity contribution is 0.0750. The molecule has 0 saturated heterocycles. The third-order valence-corrected chi connectivity index (χ3v) is 2.89. The average molecular weight is 274 g/mol. The molecule has 0 atom stereocenters. The lowest BCUT2D eigenvalue weighted by Gasteiger charge is -2.21. The molecule has 0 aliphatic carbocycles. The van der Waals surface area contributed by atoms with Gasteiger partial charge < -0.3 is 4.90 Å². The van der Waals surface area contributed by atoms with Crippen LogP contribution >= 0.6 is 15.9 Å². The van der Waals surface area contributed by atoms with Gasteiger partial charge in [0.1, 0.15) is 5.82 Å². The van der Waals surface area contributed by atoms with E-state index < -0.39 is 5.82 Å². The zero-order valence-electron chi connectivity index (χ0n) is 8.92. The first-order valence-corrected chi connectivity index (χ1v) is 5.45. The molecule has 0 aromatic heterocycles. The largest absolute Gasteiger partial charge is 0.339 e. The number of rotatable bonds is 2. The molecule has 1 amide bonds. The van der Waals surface area contributed by atoms with Gasteiger partial charge in [-0.1, -0.05) is 6.07 Å². The standard InChI is InChI=1S/C11H13BrFNO/c1-7(2)14(3)11(15)8-5-4-6-9(12)10(8)13/h4-7H,1-3H3. The molecule has 0 N–H and O–H groups in total. The van der Waals surface area contributed by atoms with Gasteiger partial charge in [0.05, 0.1) is 10.0 Å². The van der Waals surface area contributed by atoms with Gasteiger partial charge >= 0.3 is 0 Å². The Hall–Kier alpha value is -0.900. The van der Waals surface area contributed by atoms with Crippen molar-refractivity contribution in [1.82, 2.24) is 4.90 Å². The topological polar surface area (TPSA) is 20.3 Å². The van der Waals surface area contributed by atoms with Gasteiger partial charge in [-0.25, -0.2) is 4.39 Å². The number of hydrogen-bond donors (Lipinski definition) is 0. The highest BCUT2D eigenvalue weighted by molar-refractivity contribution is 9.10. The van der Waals surface area contributed by atoms with Crippen molar-refractivity contribution in [2.24, 2.45) is 0 Å². The Morgan fingerprint density at radius 1 is 1.47 bits per heavy atom. The van der Waals surface area contributed by atoms with Gasteiger partial charge in [0, 0.05) is 13.1 Å². The van der Waals surface area contributed by atoms with E-state index in [2.05, 4.69) is 15.9 Å². The molecular weight excluding hydrogens is 261 g/mol. The Morgan fingerprint density at radius 2 is 2.07 bits per heavy atom. The predicted octanol–water partition coefficient (Wildman–Crippen LogP) is 3.07. The number of carbonyl (C=O) groups is 1. The maximum absolute atomic E-state index is 13.6. The summed E-state index contributed by atoms with van der Waals surface area (Å²) in [5.74, 6) is -0.807. The second-order valence-electron chi connectivity index (χ2n) is 3.61. The molecule has 0 fully saturated rings. The first-order valence-electron chi connectivity index (χ1n) is 4.66. The zero-order chi connectivity index (χ0) is 11.6. The number of benzene rings is 1. The van der Waals surface area contributed by atoms with Crippen LogP contribution in [0.2, 0.25) is 0 Å².